The van der Waals surface area contributed by atoms with Crippen molar-refractivity contribution in [3.63, 3.8) is 0 Å². The van der Waals surface area contributed by atoms with Gasteiger partial charge in [0.1, 0.15) is 0 Å². The van der Waals surface area contributed by atoms with Crippen LogP contribution in [0, 0.1) is 0 Å². The number of carbonyl (C=O) groups is 4. The van der Waals surface area contributed by atoms with Crippen LogP contribution in [-0.4, -0.2) is 44.6 Å². The molecule has 0 saturated heterocycles. The van der Waals surface area contributed by atoms with Crippen molar-refractivity contribution < 1.29 is 33.4 Å². The number of methoxy groups -OCH3 is 2. The molecule has 27 heavy (non-hydrogen) atoms. The van der Waals surface area contributed by atoms with E-state index in [0.717, 1.165) is 0 Å². The Morgan fingerprint density at radius 1 is 0.741 bits per heavy atom. The summed E-state index contributed by atoms with van der Waals surface area (Å²) in [6.45, 7) is -0.607. The van der Waals surface area contributed by atoms with Crippen LogP contribution in [0.4, 0.5) is 5.69 Å². The number of esters is 3. The van der Waals surface area contributed by atoms with E-state index in [4.69, 9.17) is 4.74 Å². The van der Waals surface area contributed by atoms with Gasteiger partial charge in [0, 0.05) is 0 Å². The molecule has 0 fully saturated rings. The van der Waals surface area contributed by atoms with Crippen LogP contribution in [0.25, 0.3) is 0 Å². The molecule has 0 radical (unpaired) electrons. The zero-order valence-corrected chi connectivity index (χ0v) is 14.7. The number of amides is 1. The first kappa shape index (κ1) is 19.6. The fourth-order valence-corrected chi connectivity index (χ4v) is 2.22. The van der Waals surface area contributed by atoms with Crippen molar-refractivity contribution in [2.24, 2.45) is 0 Å². The molecule has 0 spiro atoms. The smallest absolute Gasteiger partial charge is 0.339 e. The molecule has 0 aromatic heterocycles. The van der Waals surface area contributed by atoms with Crippen molar-refractivity contribution in [3.05, 3.63) is 65.2 Å². The van der Waals surface area contributed by atoms with Gasteiger partial charge in [0.05, 0.1) is 36.6 Å². The average molecular weight is 371 g/mol. The van der Waals surface area contributed by atoms with Crippen LogP contribution in [0.5, 0.6) is 0 Å². The number of ether oxygens (including phenoxy) is 3. The maximum Gasteiger partial charge on any atom is 0.339 e. The van der Waals surface area contributed by atoms with Gasteiger partial charge < -0.3 is 19.5 Å². The van der Waals surface area contributed by atoms with Crippen LogP contribution >= 0.6 is 0 Å². The van der Waals surface area contributed by atoms with Gasteiger partial charge in [-0.05, 0) is 24.3 Å². The fourth-order valence-electron chi connectivity index (χ4n) is 2.22. The topological polar surface area (TPSA) is 108 Å². The number of carbonyl (C=O) groups excluding carboxylic acids is 4. The SMILES string of the molecule is COC(=O)c1ccccc1NC(=O)COC(=O)c1ccccc1C(=O)OC. The highest BCUT2D eigenvalue weighted by molar-refractivity contribution is 6.05. The lowest BCUT2D eigenvalue weighted by molar-refractivity contribution is -0.119. The van der Waals surface area contributed by atoms with E-state index < -0.39 is 30.4 Å². The molecule has 2 aromatic carbocycles. The van der Waals surface area contributed by atoms with Gasteiger partial charge in [-0.3, -0.25) is 4.79 Å². The summed E-state index contributed by atoms with van der Waals surface area (Å²) in [6, 6.07) is 12.2. The molecule has 1 amide bonds. The molecule has 1 N–H and O–H groups in total. The number of para-hydroxylation sites is 1. The quantitative estimate of drug-likeness (QED) is 0.611. The lowest BCUT2D eigenvalue weighted by Gasteiger charge is -2.11. The second-order valence-corrected chi connectivity index (χ2v) is 5.20. The Bertz CT molecular complexity index is 876. The van der Waals surface area contributed by atoms with Crippen LogP contribution < -0.4 is 5.32 Å². The third kappa shape index (κ3) is 4.91. The Hall–Kier alpha value is -3.68. The van der Waals surface area contributed by atoms with Crippen molar-refractivity contribution in [1.29, 1.82) is 0 Å². The van der Waals surface area contributed by atoms with Gasteiger partial charge in [-0.1, -0.05) is 24.3 Å². The Labute approximate surface area is 155 Å². The number of nitrogens with one attached hydrogen (secondary N) is 1. The average Bonchev–Trinajstić information content (AvgIpc) is 2.71. The lowest BCUT2D eigenvalue weighted by atomic mass is 10.1. The minimum absolute atomic E-state index is 0.0212. The van der Waals surface area contributed by atoms with Crippen molar-refractivity contribution >= 4 is 29.5 Å². The van der Waals surface area contributed by atoms with E-state index in [0.29, 0.717) is 0 Å². The van der Waals surface area contributed by atoms with E-state index in [2.05, 4.69) is 14.8 Å². The molecular formula is C19H17NO7. The fraction of sp³-hybridized carbons (Fsp3) is 0.158. The number of hydrogen-bond acceptors (Lipinski definition) is 7. The van der Waals surface area contributed by atoms with Gasteiger partial charge in [-0.25, -0.2) is 14.4 Å². The molecule has 8 nitrogen and oxygen atoms in total. The first-order valence-corrected chi connectivity index (χ1v) is 7.79. The van der Waals surface area contributed by atoms with Gasteiger partial charge in [0.25, 0.3) is 5.91 Å². The molecule has 2 rings (SSSR count). The summed E-state index contributed by atoms with van der Waals surface area (Å²) >= 11 is 0. The number of anilines is 1. The number of hydrogen-bond donors (Lipinski definition) is 1. The van der Waals surface area contributed by atoms with E-state index in [9.17, 15) is 19.2 Å². The standard InChI is InChI=1S/C19H17NO7/c1-25-17(22)12-7-3-4-8-13(12)19(24)27-11-16(21)20-15-10-6-5-9-14(15)18(23)26-2/h3-10H,11H2,1-2H3,(H,20,21). The second-order valence-electron chi connectivity index (χ2n) is 5.20. The molecule has 8 heteroatoms. The zero-order chi connectivity index (χ0) is 19.8. The number of rotatable bonds is 6. The highest BCUT2D eigenvalue weighted by Crippen LogP contribution is 2.16. The molecule has 0 aliphatic rings. The van der Waals surface area contributed by atoms with E-state index in [1.807, 2.05) is 0 Å². The minimum Gasteiger partial charge on any atom is -0.465 e. The van der Waals surface area contributed by atoms with Crippen molar-refractivity contribution in [2.45, 2.75) is 0 Å². The van der Waals surface area contributed by atoms with Crippen molar-refractivity contribution in [3.8, 4) is 0 Å². The van der Waals surface area contributed by atoms with Crippen LogP contribution in [0.3, 0.4) is 0 Å². The predicted molar refractivity (Wildman–Crippen MR) is 94.5 cm³/mol. The molecule has 0 aliphatic heterocycles. The third-order valence-corrected chi connectivity index (χ3v) is 3.49. The molecule has 0 bridgehead atoms. The monoisotopic (exact) mass is 371 g/mol. The third-order valence-electron chi connectivity index (χ3n) is 3.49. The van der Waals surface area contributed by atoms with E-state index in [1.165, 1.54) is 38.5 Å². The number of benzene rings is 2. The molecule has 0 saturated carbocycles. The highest BCUT2D eigenvalue weighted by Gasteiger charge is 2.19. The van der Waals surface area contributed by atoms with E-state index in [-0.39, 0.29) is 22.4 Å². The Morgan fingerprint density at radius 2 is 1.22 bits per heavy atom. The second kappa shape index (κ2) is 9.14. The van der Waals surface area contributed by atoms with Crippen LogP contribution in [0.15, 0.2) is 48.5 Å². The Balaban J connectivity index is 2.04. The lowest BCUT2D eigenvalue weighted by Crippen LogP contribution is -2.23. The Kier molecular flexibility index (Phi) is 6.65. The maximum atomic E-state index is 12.2. The molecule has 2 aromatic rings. The van der Waals surface area contributed by atoms with E-state index >= 15 is 0 Å². The molecule has 140 valence electrons. The summed E-state index contributed by atoms with van der Waals surface area (Å²) < 4.78 is 14.2. The summed E-state index contributed by atoms with van der Waals surface area (Å²) in [7, 11) is 2.41. The minimum atomic E-state index is -0.854. The van der Waals surface area contributed by atoms with Crippen LogP contribution in [0.2, 0.25) is 0 Å². The Morgan fingerprint density at radius 3 is 1.81 bits per heavy atom. The largest absolute Gasteiger partial charge is 0.465 e. The molecule has 0 heterocycles. The predicted octanol–water partition coefficient (Wildman–Crippen LogP) is 2.06. The van der Waals surface area contributed by atoms with Crippen molar-refractivity contribution in [1.82, 2.24) is 0 Å². The van der Waals surface area contributed by atoms with Crippen LogP contribution in [0.1, 0.15) is 31.1 Å². The van der Waals surface area contributed by atoms with Gasteiger partial charge in [0.15, 0.2) is 6.61 Å². The van der Waals surface area contributed by atoms with Gasteiger partial charge in [0.2, 0.25) is 0 Å². The van der Waals surface area contributed by atoms with Gasteiger partial charge in [-0.15, -0.1) is 0 Å². The maximum absolute atomic E-state index is 12.2. The molecular weight excluding hydrogens is 354 g/mol. The summed E-state index contributed by atoms with van der Waals surface area (Å²) in [5, 5.41) is 2.47. The summed E-state index contributed by atoms with van der Waals surface area (Å²) in [5.74, 6) is -2.82. The van der Waals surface area contributed by atoms with Crippen LogP contribution in [-0.2, 0) is 19.0 Å². The molecule has 0 unspecified atom stereocenters. The summed E-state index contributed by atoms with van der Waals surface area (Å²) in [4.78, 5) is 47.6. The summed E-state index contributed by atoms with van der Waals surface area (Å²) in [6.07, 6.45) is 0. The van der Waals surface area contributed by atoms with Gasteiger partial charge >= 0.3 is 17.9 Å². The van der Waals surface area contributed by atoms with E-state index in [1.54, 1.807) is 24.3 Å². The molecule has 0 aliphatic carbocycles. The highest BCUT2D eigenvalue weighted by atomic mass is 16.5. The summed E-state index contributed by atoms with van der Waals surface area (Å²) in [5.41, 5.74) is 0.393. The first-order chi connectivity index (χ1) is 13.0. The zero-order valence-electron chi connectivity index (χ0n) is 14.7. The molecule has 0 atom stereocenters. The van der Waals surface area contributed by atoms with Gasteiger partial charge in [-0.2, -0.15) is 0 Å². The normalized spacial score (nSPS) is 9.85. The first-order valence-electron chi connectivity index (χ1n) is 7.79. The van der Waals surface area contributed by atoms with Crippen molar-refractivity contribution in [2.75, 3.05) is 26.1 Å².